The van der Waals surface area contributed by atoms with Crippen LogP contribution in [0.3, 0.4) is 0 Å². The van der Waals surface area contributed by atoms with Crippen LogP contribution in [-0.4, -0.2) is 19.6 Å². The molecule has 1 aliphatic rings. The van der Waals surface area contributed by atoms with E-state index >= 15 is 0 Å². The summed E-state index contributed by atoms with van der Waals surface area (Å²) in [5.41, 5.74) is 4.76. The number of rotatable bonds is 2. The fraction of sp³-hybridized carbons (Fsp3) is 0.0357. The molecule has 34 heavy (non-hydrogen) atoms. The van der Waals surface area contributed by atoms with Gasteiger partial charge in [-0.05, 0) is 35.2 Å². The second-order valence-electron chi connectivity index (χ2n) is 8.32. The molecule has 6 aromatic rings. The van der Waals surface area contributed by atoms with Crippen LogP contribution in [0.2, 0.25) is 5.02 Å². The van der Waals surface area contributed by atoms with E-state index in [-0.39, 0.29) is 5.92 Å². The average Bonchev–Trinajstić information content (AvgIpc) is 3.33. The van der Waals surface area contributed by atoms with Crippen molar-refractivity contribution < 1.29 is 4.74 Å². The van der Waals surface area contributed by atoms with Crippen molar-refractivity contribution >= 4 is 28.0 Å². The van der Waals surface area contributed by atoms with Crippen LogP contribution in [0, 0.1) is 0 Å². The largest absolute Gasteiger partial charge is 0.438 e. The van der Waals surface area contributed by atoms with Gasteiger partial charge in [0.25, 0.3) is 0 Å². The van der Waals surface area contributed by atoms with Crippen molar-refractivity contribution in [3.05, 3.63) is 119 Å². The molecule has 0 aliphatic carbocycles. The Kier molecular flexibility index (Phi) is 4.19. The zero-order chi connectivity index (χ0) is 22.6. The van der Waals surface area contributed by atoms with E-state index in [0.717, 1.165) is 44.4 Å². The van der Waals surface area contributed by atoms with E-state index in [1.54, 1.807) is 10.8 Å². The van der Waals surface area contributed by atoms with E-state index in [1.165, 1.54) is 0 Å². The maximum absolute atomic E-state index is 6.47. The van der Waals surface area contributed by atoms with Gasteiger partial charge >= 0.3 is 0 Å². The lowest BCUT2D eigenvalue weighted by Gasteiger charge is -2.28. The molecule has 0 radical (unpaired) electrons. The molecule has 7 rings (SSSR count). The maximum Gasteiger partial charge on any atom is 0.228 e. The lowest BCUT2D eigenvalue weighted by molar-refractivity contribution is 0.437. The zero-order valence-electron chi connectivity index (χ0n) is 17.9. The molecule has 3 heterocycles. The van der Waals surface area contributed by atoms with Gasteiger partial charge in [0.15, 0.2) is 11.5 Å². The number of aromatic nitrogens is 4. The fourth-order valence-corrected chi connectivity index (χ4v) is 4.89. The van der Waals surface area contributed by atoms with Crippen LogP contribution in [0.25, 0.3) is 27.8 Å². The molecule has 1 aliphatic heterocycles. The highest BCUT2D eigenvalue weighted by Gasteiger charge is 2.34. The first-order valence-electron chi connectivity index (χ1n) is 11.0. The fourth-order valence-electron chi connectivity index (χ4n) is 4.76. The first-order chi connectivity index (χ1) is 16.8. The predicted molar refractivity (Wildman–Crippen MR) is 133 cm³/mol. The van der Waals surface area contributed by atoms with Crippen LogP contribution < -0.4 is 4.74 Å². The van der Waals surface area contributed by atoms with Crippen molar-refractivity contribution in [3.8, 4) is 23.0 Å². The SMILES string of the molecule is Clc1ccc(-c2nc3c4c(ncn3n2)Oc2c(ccc3ccccc23)[C@@H]4c2ccccc2)cc1. The number of fused-ring (bicyclic) bond motifs is 6. The molecule has 1 atom stereocenters. The van der Waals surface area contributed by atoms with Crippen molar-refractivity contribution in [1.82, 2.24) is 19.6 Å². The minimum atomic E-state index is -0.0944. The van der Waals surface area contributed by atoms with Crippen molar-refractivity contribution in [1.29, 1.82) is 0 Å². The highest BCUT2D eigenvalue weighted by atomic mass is 35.5. The summed E-state index contributed by atoms with van der Waals surface area (Å²) < 4.78 is 8.20. The molecule has 6 heteroatoms. The van der Waals surface area contributed by atoms with Crippen LogP contribution in [0.5, 0.6) is 11.6 Å². The average molecular weight is 461 g/mol. The number of nitrogens with zero attached hydrogens (tertiary/aromatic N) is 4. The van der Waals surface area contributed by atoms with Gasteiger partial charge in [-0.15, -0.1) is 5.10 Å². The van der Waals surface area contributed by atoms with Crippen LogP contribution in [-0.2, 0) is 0 Å². The van der Waals surface area contributed by atoms with Crippen molar-refractivity contribution in [2.45, 2.75) is 5.92 Å². The number of halogens is 1. The molecule has 0 fully saturated rings. The van der Waals surface area contributed by atoms with E-state index in [0.29, 0.717) is 16.7 Å². The molecule has 0 amide bonds. The van der Waals surface area contributed by atoms with Gasteiger partial charge in [-0.1, -0.05) is 78.3 Å². The van der Waals surface area contributed by atoms with Crippen molar-refractivity contribution in [2.24, 2.45) is 0 Å². The Bertz CT molecular complexity index is 1690. The van der Waals surface area contributed by atoms with E-state index in [4.69, 9.17) is 26.4 Å². The molecule has 0 saturated heterocycles. The molecule has 5 nitrogen and oxygen atoms in total. The van der Waals surface area contributed by atoms with Crippen LogP contribution >= 0.6 is 11.6 Å². The molecule has 2 aromatic heterocycles. The third kappa shape index (κ3) is 2.91. The summed E-state index contributed by atoms with van der Waals surface area (Å²) in [7, 11) is 0. The molecule has 4 aromatic carbocycles. The van der Waals surface area contributed by atoms with Gasteiger partial charge in [-0.2, -0.15) is 0 Å². The van der Waals surface area contributed by atoms with Crippen molar-refractivity contribution in [3.63, 3.8) is 0 Å². The Hall–Kier alpha value is -4.22. The summed E-state index contributed by atoms with van der Waals surface area (Å²) in [6, 6.07) is 30.5. The lowest BCUT2D eigenvalue weighted by atomic mass is 9.83. The first-order valence-corrected chi connectivity index (χ1v) is 11.4. The van der Waals surface area contributed by atoms with Gasteiger partial charge in [-0.25, -0.2) is 14.5 Å². The maximum atomic E-state index is 6.47. The van der Waals surface area contributed by atoms with Gasteiger partial charge in [0.2, 0.25) is 5.88 Å². The molecule has 0 bridgehead atoms. The lowest BCUT2D eigenvalue weighted by Crippen LogP contribution is -2.15. The summed E-state index contributed by atoms with van der Waals surface area (Å²) in [5.74, 6) is 1.92. The Morgan fingerprint density at radius 3 is 2.47 bits per heavy atom. The monoisotopic (exact) mass is 460 g/mol. The highest BCUT2D eigenvalue weighted by molar-refractivity contribution is 6.30. The summed E-state index contributed by atoms with van der Waals surface area (Å²) in [6.45, 7) is 0. The summed E-state index contributed by atoms with van der Waals surface area (Å²) in [6.07, 6.45) is 1.67. The summed E-state index contributed by atoms with van der Waals surface area (Å²) >= 11 is 6.08. The van der Waals surface area contributed by atoms with Gasteiger partial charge in [-0.3, -0.25) is 0 Å². The van der Waals surface area contributed by atoms with Gasteiger partial charge in [0.1, 0.15) is 12.1 Å². The Balaban J connectivity index is 1.51. The predicted octanol–water partition coefficient (Wildman–Crippen LogP) is 6.88. The van der Waals surface area contributed by atoms with E-state index in [1.807, 2.05) is 42.5 Å². The smallest absolute Gasteiger partial charge is 0.228 e. The highest BCUT2D eigenvalue weighted by Crippen LogP contribution is 2.50. The van der Waals surface area contributed by atoms with Crippen LogP contribution in [0.4, 0.5) is 0 Å². The van der Waals surface area contributed by atoms with E-state index < -0.39 is 0 Å². The Labute approximate surface area is 200 Å². The first kappa shape index (κ1) is 19.3. The molecular weight excluding hydrogens is 444 g/mol. The topological polar surface area (TPSA) is 52.3 Å². The molecule has 0 unspecified atom stereocenters. The Morgan fingerprint density at radius 1 is 0.824 bits per heavy atom. The third-order valence-electron chi connectivity index (χ3n) is 6.33. The van der Waals surface area contributed by atoms with Gasteiger partial charge in [0.05, 0.1) is 5.56 Å². The summed E-state index contributed by atoms with van der Waals surface area (Å²) in [5, 5.41) is 7.57. The van der Waals surface area contributed by atoms with Crippen LogP contribution in [0.15, 0.2) is 97.3 Å². The second kappa shape index (κ2) is 7.40. The number of benzene rings is 4. The minimum absolute atomic E-state index is 0.0944. The van der Waals surface area contributed by atoms with Gasteiger partial charge in [0, 0.05) is 27.5 Å². The number of hydrogen-bond donors (Lipinski definition) is 0. The number of ether oxygens (including phenoxy) is 1. The molecule has 0 N–H and O–H groups in total. The van der Waals surface area contributed by atoms with Crippen LogP contribution in [0.1, 0.15) is 22.6 Å². The van der Waals surface area contributed by atoms with Gasteiger partial charge < -0.3 is 4.74 Å². The molecule has 0 spiro atoms. The molecule has 0 saturated carbocycles. The molecular formula is C28H17ClN4O. The standard InChI is InChI=1S/C28H17ClN4O/c29-20-13-10-19(11-14-20)26-31-27-24-23(18-7-2-1-3-8-18)22-15-12-17-6-4-5-9-21(17)25(22)34-28(24)30-16-33(27)32-26/h1-16,23H/t23-/m0/s1. The van der Waals surface area contributed by atoms with E-state index in [9.17, 15) is 0 Å². The Morgan fingerprint density at radius 2 is 1.62 bits per heavy atom. The van der Waals surface area contributed by atoms with Crippen molar-refractivity contribution in [2.75, 3.05) is 0 Å². The number of hydrogen-bond acceptors (Lipinski definition) is 4. The normalized spacial score (nSPS) is 14.6. The summed E-state index contributed by atoms with van der Waals surface area (Å²) in [4.78, 5) is 9.59. The molecule has 162 valence electrons. The third-order valence-corrected chi connectivity index (χ3v) is 6.58. The quantitative estimate of drug-likeness (QED) is 0.282. The minimum Gasteiger partial charge on any atom is -0.438 e. The second-order valence-corrected chi connectivity index (χ2v) is 8.76. The zero-order valence-corrected chi connectivity index (χ0v) is 18.6. The van der Waals surface area contributed by atoms with E-state index in [2.05, 4.69) is 53.5 Å².